The molecule has 11 heavy (non-hydrogen) atoms. The van der Waals surface area contributed by atoms with Gasteiger partial charge in [-0.25, -0.2) is 4.21 Å². The van der Waals surface area contributed by atoms with Crippen molar-refractivity contribution in [2.24, 2.45) is 11.3 Å². The molecule has 0 aromatic heterocycles. The maximum absolute atomic E-state index is 10.3. The fraction of sp³-hybridized carbons (Fsp3) is 0.778. The summed E-state index contributed by atoms with van der Waals surface area (Å²) < 4.78 is 10.3. The van der Waals surface area contributed by atoms with Crippen LogP contribution in [0.3, 0.4) is 0 Å². The maximum atomic E-state index is 10.3. The van der Waals surface area contributed by atoms with Crippen LogP contribution in [0.4, 0.5) is 0 Å². The largest absolute Gasteiger partial charge is 0.203 e. The van der Waals surface area contributed by atoms with Gasteiger partial charge in [-0.2, -0.15) is 0 Å². The summed E-state index contributed by atoms with van der Waals surface area (Å²) in [5, 5.41) is 2.80. The van der Waals surface area contributed by atoms with E-state index >= 15 is 0 Å². The quantitative estimate of drug-likeness (QED) is 0.554. The molecule has 2 heteroatoms. The molecule has 0 saturated carbocycles. The summed E-state index contributed by atoms with van der Waals surface area (Å²) in [4.78, 5) is 0. The van der Waals surface area contributed by atoms with Gasteiger partial charge in [0.2, 0.25) is 0 Å². The molecule has 0 rings (SSSR count). The van der Waals surface area contributed by atoms with Crippen molar-refractivity contribution in [3.8, 4) is 0 Å². The summed E-state index contributed by atoms with van der Waals surface area (Å²) in [7, 11) is 0. The van der Waals surface area contributed by atoms with E-state index in [0.717, 1.165) is 5.57 Å². The van der Waals surface area contributed by atoms with Gasteiger partial charge in [0.15, 0.2) is 0 Å². The van der Waals surface area contributed by atoms with Crippen molar-refractivity contribution in [2.45, 2.75) is 34.6 Å². The van der Waals surface area contributed by atoms with Crippen LogP contribution in [0.1, 0.15) is 34.6 Å². The standard InChI is InChI=1S/C9H16OS/c1-7(2)8(6-11-10)9(3,4)5/h7H,1-5H3. The molecular formula is C9H16OS. The number of allylic oxidation sites excluding steroid dienone is 1. The van der Waals surface area contributed by atoms with E-state index in [1.807, 2.05) is 0 Å². The summed E-state index contributed by atoms with van der Waals surface area (Å²) in [6.45, 7) is 10.5. The normalized spacial score (nSPS) is 11.1. The monoisotopic (exact) mass is 172 g/mol. The molecular weight excluding hydrogens is 156 g/mol. The smallest absolute Gasteiger partial charge is 0.142 e. The summed E-state index contributed by atoms with van der Waals surface area (Å²) in [5.41, 5.74) is 1.18. The lowest BCUT2D eigenvalue weighted by Crippen LogP contribution is -2.14. The van der Waals surface area contributed by atoms with Crippen LogP contribution in [0.5, 0.6) is 0 Å². The Balaban J connectivity index is 4.95. The van der Waals surface area contributed by atoms with E-state index in [0.29, 0.717) is 17.2 Å². The summed E-state index contributed by atoms with van der Waals surface area (Å²) >= 11 is 0.428. The second kappa shape index (κ2) is 3.89. The minimum Gasteiger partial charge on any atom is -0.203 e. The molecule has 0 saturated heterocycles. The van der Waals surface area contributed by atoms with E-state index < -0.39 is 0 Å². The Morgan fingerprint density at radius 2 is 1.82 bits per heavy atom. The molecule has 0 atom stereocenters. The molecule has 0 heterocycles. The molecule has 0 amide bonds. The van der Waals surface area contributed by atoms with Gasteiger partial charge in [0, 0.05) is 0 Å². The molecule has 0 spiro atoms. The third kappa shape index (κ3) is 3.54. The maximum Gasteiger partial charge on any atom is 0.142 e. The number of hydrogen-bond donors (Lipinski definition) is 0. The van der Waals surface area contributed by atoms with Crippen molar-refractivity contribution in [1.29, 1.82) is 0 Å². The van der Waals surface area contributed by atoms with Crippen LogP contribution < -0.4 is 0 Å². The Kier molecular flexibility index (Phi) is 3.77. The Morgan fingerprint density at radius 1 is 1.36 bits per heavy atom. The first-order valence-corrected chi connectivity index (χ1v) is 4.56. The van der Waals surface area contributed by atoms with Crippen LogP contribution in [0, 0.1) is 11.3 Å². The second-order valence-corrected chi connectivity index (χ2v) is 4.37. The van der Waals surface area contributed by atoms with Crippen LogP contribution >= 0.6 is 0 Å². The Hall–Kier alpha value is -0.330. The van der Waals surface area contributed by atoms with Crippen molar-refractivity contribution in [2.75, 3.05) is 0 Å². The van der Waals surface area contributed by atoms with E-state index in [1.54, 1.807) is 0 Å². The minimum atomic E-state index is 0.0750. The first-order valence-electron chi connectivity index (χ1n) is 3.81. The average Bonchev–Trinajstić information content (AvgIpc) is 1.79. The van der Waals surface area contributed by atoms with Crippen LogP contribution in [0.2, 0.25) is 0 Å². The fourth-order valence-electron chi connectivity index (χ4n) is 1.18. The third-order valence-corrected chi connectivity index (χ3v) is 1.84. The summed E-state index contributed by atoms with van der Waals surface area (Å²) in [6.07, 6.45) is 0. The molecule has 0 fully saturated rings. The molecule has 0 aromatic carbocycles. The Bertz CT molecular complexity index is 210. The van der Waals surface area contributed by atoms with Gasteiger partial charge in [0.05, 0.1) is 0 Å². The topological polar surface area (TPSA) is 17.1 Å². The van der Waals surface area contributed by atoms with Crippen LogP contribution in [-0.2, 0) is 11.3 Å². The molecule has 1 nitrogen and oxygen atoms in total. The van der Waals surface area contributed by atoms with Gasteiger partial charge in [-0.05, 0) is 21.9 Å². The lowest BCUT2D eigenvalue weighted by atomic mass is 9.81. The zero-order valence-corrected chi connectivity index (χ0v) is 8.71. The van der Waals surface area contributed by atoms with Crippen molar-refractivity contribution in [3.63, 3.8) is 0 Å². The van der Waals surface area contributed by atoms with Crippen LogP contribution in [-0.4, -0.2) is 9.23 Å². The lowest BCUT2D eigenvalue weighted by molar-refractivity contribution is 0.456. The van der Waals surface area contributed by atoms with Gasteiger partial charge in [0.1, 0.15) is 11.3 Å². The van der Waals surface area contributed by atoms with Gasteiger partial charge in [-0.3, -0.25) is 0 Å². The van der Waals surface area contributed by atoms with Gasteiger partial charge in [0.25, 0.3) is 0 Å². The van der Waals surface area contributed by atoms with Gasteiger partial charge < -0.3 is 0 Å². The molecule has 0 radical (unpaired) electrons. The predicted molar refractivity (Wildman–Crippen MR) is 51.0 cm³/mol. The minimum absolute atomic E-state index is 0.0750. The highest BCUT2D eigenvalue weighted by molar-refractivity contribution is 7.64. The molecule has 0 aliphatic carbocycles. The molecule has 0 N–H and O–H groups in total. The van der Waals surface area contributed by atoms with E-state index in [2.05, 4.69) is 39.6 Å². The molecule has 0 bridgehead atoms. The van der Waals surface area contributed by atoms with Gasteiger partial charge >= 0.3 is 0 Å². The van der Waals surface area contributed by atoms with Crippen molar-refractivity contribution in [1.82, 2.24) is 0 Å². The highest BCUT2D eigenvalue weighted by atomic mass is 32.1. The van der Waals surface area contributed by atoms with E-state index in [4.69, 9.17) is 0 Å². The Morgan fingerprint density at radius 3 is 1.91 bits per heavy atom. The molecule has 64 valence electrons. The van der Waals surface area contributed by atoms with Crippen LogP contribution in [0.15, 0.2) is 5.57 Å². The van der Waals surface area contributed by atoms with Crippen molar-refractivity contribution in [3.05, 3.63) is 5.57 Å². The number of hydrogen-bond acceptors (Lipinski definition) is 1. The Labute approximate surface area is 72.6 Å². The van der Waals surface area contributed by atoms with E-state index in [-0.39, 0.29) is 5.41 Å². The highest BCUT2D eigenvalue weighted by Crippen LogP contribution is 2.28. The van der Waals surface area contributed by atoms with Crippen molar-refractivity contribution < 1.29 is 4.21 Å². The average molecular weight is 172 g/mol. The zero-order chi connectivity index (χ0) is 9.07. The zero-order valence-electron chi connectivity index (χ0n) is 7.89. The lowest BCUT2D eigenvalue weighted by Gasteiger charge is -2.23. The number of rotatable bonds is 1. The second-order valence-electron chi connectivity index (χ2n) is 4.00. The van der Waals surface area contributed by atoms with E-state index in [1.165, 1.54) is 0 Å². The van der Waals surface area contributed by atoms with Gasteiger partial charge in [-0.1, -0.05) is 34.6 Å². The molecule has 0 aromatic rings. The van der Waals surface area contributed by atoms with Crippen LogP contribution in [0.25, 0.3) is 0 Å². The SMILES string of the molecule is CC(C)C(=C=S=O)C(C)(C)C. The third-order valence-electron chi connectivity index (χ3n) is 1.54. The first kappa shape index (κ1) is 10.7. The fourth-order valence-corrected chi connectivity index (χ4v) is 1.81. The summed E-state index contributed by atoms with van der Waals surface area (Å²) in [5.74, 6) is 0.413. The first-order chi connectivity index (χ1) is 4.89. The molecule has 0 aliphatic rings. The molecule has 0 aliphatic heterocycles. The summed E-state index contributed by atoms with van der Waals surface area (Å²) in [6, 6.07) is 0. The predicted octanol–water partition coefficient (Wildman–Crippen LogP) is 2.23. The van der Waals surface area contributed by atoms with Crippen molar-refractivity contribution >= 4 is 16.3 Å². The van der Waals surface area contributed by atoms with Gasteiger partial charge in [-0.15, -0.1) is 0 Å². The van der Waals surface area contributed by atoms with E-state index in [9.17, 15) is 4.21 Å². The highest BCUT2D eigenvalue weighted by Gasteiger charge is 2.19. The molecule has 0 unspecified atom stereocenters.